The maximum Gasteiger partial charge on any atom is 0.313 e. The van der Waals surface area contributed by atoms with Crippen LogP contribution in [0.2, 0.25) is 0 Å². The minimum absolute atomic E-state index is 0.258. The van der Waals surface area contributed by atoms with Crippen molar-refractivity contribution >= 4 is 17.8 Å². The van der Waals surface area contributed by atoms with Crippen LogP contribution in [0, 0.1) is 0 Å². The second kappa shape index (κ2) is 7.99. The molecule has 0 N–H and O–H groups in total. The maximum atomic E-state index is 11.6. The first-order valence-electron chi connectivity index (χ1n) is 6.18. The van der Waals surface area contributed by atoms with E-state index >= 15 is 0 Å². The molecule has 0 saturated carbocycles. The van der Waals surface area contributed by atoms with Crippen molar-refractivity contribution in [3.8, 4) is 11.5 Å². The molecule has 0 spiro atoms. The number of hydrogen-bond acceptors (Lipinski definition) is 5. The van der Waals surface area contributed by atoms with E-state index in [-0.39, 0.29) is 18.8 Å². The van der Waals surface area contributed by atoms with Crippen LogP contribution in [0.4, 0.5) is 0 Å². The lowest BCUT2D eigenvalue weighted by molar-refractivity contribution is -0.144. The summed E-state index contributed by atoms with van der Waals surface area (Å²) >= 11 is 0. The van der Waals surface area contributed by atoms with Gasteiger partial charge in [0.25, 0.3) is 0 Å². The van der Waals surface area contributed by atoms with E-state index in [0.717, 1.165) is 5.56 Å². The van der Waals surface area contributed by atoms with Gasteiger partial charge in [-0.05, 0) is 30.7 Å². The lowest BCUT2D eigenvalue weighted by Gasteiger charge is -2.05. The number of hydrogen-bond donors (Lipinski definition) is 0. The van der Waals surface area contributed by atoms with Gasteiger partial charge in [-0.2, -0.15) is 0 Å². The van der Waals surface area contributed by atoms with Gasteiger partial charge in [-0.15, -0.1) is 0 Å². The number of allylic oxidation sites excluding steroid dienone is 1. The molecule has 0 saturated heterocycles. The molecule has 0 aliphatic rings. The molecule has 20 heavy (non-hydrogen) atoms. The fourth-order valence-corrected chi connectivity index (χ4v) is 1.53. The number of carbonyl (C=O) groups is 2. The Hall–Kier alpha value is -2.30. The molecule has 0 aliphatic carbocycles. The fourth-order valence-electron chi connectivity index (χ4n) is 1.53. The van der Waals surface area contributed by atoms with Crippen LogP contribution in [0.3, 0.4) is 0 Å². The third kappa shape index (κ3) is 5.14. The number of carbonyl (C=O) groups excluding carboxylic acids is 2. The standard InChI is InChI=1S/C15H18O5/c1-4-20-15(17)9-12(16)6-5-11-7-13(18-2)10-14(8-11)19-3/h5-8,10H,4,9H2,1-3H3/b6-5+. The second-order valence-electron chi connectivity index (χ2n) is 3.93. The van der Waals surface area contributed by atoms with Crippen molar-refractivity contribution < 1.29 is 23.8 Å². The Morgan fingerprint density at radius 2 is 1.70 bits per heavy atom. The lowest BCUT2D eigenvalue weighted by atomic mass is 10.1. The van der Waals surface area contributed by atoms with Gasteiger partial charge in [-0.3, -0.25) is 9.59 Å². The van der Waals surface area contributed by atoms with Crippen LogP contribution >= 0.6 is 0 Å². The molecule has 0 heterocycles. The SMILES string of the molecule is CCOC(=O)CC(=O)/C=C/c1cc(OC)cc(OC)c1. The first-order chi connectivity index (χ1) is 9.58. The summed E-state index contributed by atoms with van der Waals surface area (Å²) in [5, 5.41) is 0. The van der Waals surface area contributed by atoms with Crippen molar-refractivity contribution in [2.24, 2.45) is 0 Å². The first kappa shape index (κ1) is 15.8. The van der Waals surface area contributed by atoms with Crippen molar-refractivity contribution in [3.05, 3.63) is 29.8 Å². The summed E-state index contributed by atoms with van der Waals surface area (Å²) in [6.45, 7) is 1.96. The monoisotopic (exact) mass is 278 g/mol. The predicted molar refractivity (Wildman–Crippen MR) is 74.8 cm³/mol. The van der Waals surface area contributed by atoms with Crippen molar-refractivity contribution in [1.82, 2.24) is 0 Å². The van der Waals surface area contributed by atoms with Crippen LogP contribution in [0.25, 0.3) is 6.08 Å². The van der Waals surface area contributed by atoms with E-state index in [1.54, 1.807) is 45.4 Å². The average Bonchev–Trinajstić information content (AvgIpc) is 2.44. The molecule has 108 valence electrons. The molecule has 1 aromatic rings. The van der Waals surface area contributed by atoms with Crippen LogP contribution in [-0.4, -0.2) is 32.6 Å². The Labute approximate surface area is 118 Å². The highest BCUT2D eigenvalue weighted by Crippen LogP contribution is 2.23. The molecule has 1 aromatic carbocycles. The number of esters is 1. The molecule has 0 aliphatic heterocycles. The zero-order chi connectivity index (χ0) is 15.0. The highest BCUT2D eigenvalue weighted by Gasteiger charge is 2.07. The normalized spacial score (nSPS) is 10.3. The van der Waals surface area contributed by atoms with E-state index in [1.807, 2.05) is 0 Å². The van der Waals surface area contributed by atoms with E-state index in [4.69, 9.17) is 14.2 Å². The minimum atomic E-state index is -0.523. The van der Waals surface area contributed by atoms with E-state index in [9.17, 15) is 9.59 Å². The van der Waals surface area contributed by atoms with Crippen molar-refractivity contribution in [3.63, 3.8) is 0 Å². The lowest BCUT2D eigenvalue weighted by Crippen LogP contribution is -2.09. The zero-order valence-electron chi connectivity index (χ0n) is 11.8. The van der Waals surface area contributed by atoms with E-state index in [1.165, 1.54) is 6.08 Å². The summed E-state index contributed by atoms with van der Waals surface area (Å²) < 4.78 is 15.0. The molecule has 5 heteroatoms. The van der Waals surface area contributed by atoms with Crippen LogP contribution in [0.5, 0.6) is 11.5 Å². The third-order valence-electron chi connectivity index (χ3n) is 2.46. The second-order valence-corrected chi connectivity index (χ2v) is 3.93. The Kier molecular flexibility index (Phi) is 6.29. The van der Waals surface area contributed by atoms with E-state index in [2.05, 4.69) is 0 Å². The molecule has 0 radical (unpaired) electrons. The van der Waals surface area contributed by atoms with Gasteiger partial charge in [0.1, 0.15) is 17.9 Å². The Balaban J connectivity index is 2.74. The van der Waals surface area contributed by atoms with Gasteiger partial charge < -0.3 is 14.2 Å². The summed E-state index contributed by atoms with van der Waals surface area (Å²) in [5.74, 6) is 0.416. The Morgan fingerprint density at radius 1 is 1.10 bits per heavy atom. The summed E-state index contributed by atoms with van der Waals surface area (Å²) in [6.07, 6.45) is 2.68. The molecule has 0 atom stereocenters. The maximum absolute atomic E-state index is 11.6. The van der Waals surface area contributed by atoms with Gasteiger partial charge in [0.05, 0.1) is 20.8 Å². The summed E-state index contributed by atoms with van der Waals surface area (Å²) in [6, 6.07) is 5.26. The number of rotatable bonds is 7. The number of methoxy groups -OCH3 is 2. The van der Waals surface area contributed by atoms with Gasteiger partial charge in [-0.1, -0.05) is 6.08 Å². The summed E-state index contributed by atoms with van der Waals surface area (Å²) in [4.78, 5) is 22.7. The molecule has 0 aromatic heterocycles. The molecule has 0 amide bonds. The Bertz CT molecular complexity index is 483. The average molecular weight is 278 g/mol. The zero-order valence-corrected chi connectivity index (χ0v) is 11.8. The molecule has 0 fully saturated rings. The van der Waals surface area contributed by atoms with Crippen molar-refractivity contribution in [2.45, 2.75) is 13.3 Å². The van der Waals surface area contributed by atoms with Gasteiger partial charge in [0, 0.05) is 6.07 Å². The van der Waals surface area contributed by atoms with Crippen LogP contribution in [0.1, 0.15) is 18.9 Å². The topological polar surface area (TPSA) is 61.8 Å². The van der Waals surface area contributed by atoms with Crippen molar-refractivity contribution in [2.75, 3.05) is 20.8 Å². The third-order valence-corrected chi connectivity index (χ3v) is 2.46. The van der Waals surface area contributed by atoms with Gasteiger partial charge in [-0.25, -0.2) is 0 Å². The molecular weight excluding hydrogens is 260 g/mol. The van der Waals surface area contributed by atoms with Gasteiger partial charge in [0.15, 0.2) is 5.78 Å². The number of benzene rings is 1. The molecule has 0 unspecified atom stereocenters. The van der Waals surface area contributed by atoms with Crippen molar-refractivity contribution in [1.29, 1.82) is 0 Å². The quantitative estimate of drug-likeness (QED) is 0.435. The summed E-state index contributed by atoms with van der Waals surface area (Å²) in [7, 11) is 3.10. The minimum Gasteiger partial charge on any atom is -0.497 e. The highest BCUT2D eigenvalue weighted by molar-refractivity contribution is 6.03. The van der Waals surface area contributed by atoms with E-state index in [0.29, 0.717) is 11.5 Å². The molecule has 5 nitrogen and oxygen atoms in total. The van der Waals surface area contributed by atoms with Crippen LogP contribution < -0.4 is 9.47 Å². The predicted octanol–water partition coefficient (Wildman–Crippen LogP) is 2.24. The molecular formula is C15H18O5. The number of ketones is 1. The van der Waals surface area contributed by atoms with E-state index < -0.39 is 5.97 Å². The number of ether oxygens (including phenoxy) is 3. The fraction of sp³-hybridized carbons (Fsp3) is 0.333. The molecule has 0 bridgehead atoms. The Morgan fingerprint density at radius 3 is 2.20 bits per heavy atom. The highest BCUT2D eigenvalue weighted by atomic mass is 16.5. The van der Waals surface area contributed by atoms with Gasteiger partial charge in [0.2, 0.25) is 0 Å². The van der Waals surface area contributed by atoms with Crippen LogP contribution in [-0.2, 0) is 14.3 Å². The molecule has 1 rings (SSSR count). The summed E-state index contributed by atoms with van der Waals surface area (Å²) in [5.41, 5.74) is 0.749. The first-order valence-corrected chi connectivity index (χ1v) is 6.18. The largest absolute Gasteiger partial charge is 0.497 e. The van der Waals surface area contributed by atoms with Gasteiger partial charge >= 0.3 is 5.97 Å². The smallest absolute Gasteiger partial charge is 0.313 e. The van der Waals surface area contributed by atoms with Crippen LogP contribution in [0.15, 0.2) is 24.3 Å².